The number of hydrogen-bond acceptors (Lipinski definition) is 3. The van der Waals surface area contributed by atoms with Crippen LogP contribution in [0.2, 0.25) is 0 Å². The van der Waals surface area contributed by atoms with Crippen LogP contribution in [0.4, 0.5) is 0 Å². The first kappa shape index (κ1) is 11.9. The largest absolute Gasteiger partial charge is 0.197 e. The van der Waals surface area contributed by atoms with Gasteiger partial charge in [-0.25, -0.2) is 0 Å². The van der Waals surface area contributed by atoms with Crippen LogP contribution < -0.4 is 0 Å². The average molecular weight is 249 g/mol. The van der Waals surface area contributed by atoms with Crippen molar-refractivity contribution in [1.82, 2.24) is 10.2 Å². The minimum absolute atomic E-state index is 0.319. The van der Waals surface area contributed by atoms with E-state index in [4.69, 9.17) is 0 Å². The molecule has 1 aromatic carbocycles. The van der Waals surface area contributed by atoms with E-state index in [1.807, 2.05) is 12.1 Å². The molecule has 19 heavy (non-hydrogen) atoms. The molecule has 0 aliphatic heterocycles. The van der Waals surface area contributed by atoms with Crippen LogP contribution in [-0.2, 0) is 12.8 Å². The lowest BCUT2D eigenvalue weighted by atomic mass is 9.87. The van der Waals surface area contributed by atoms with Gasteiger partial charge in [0.1, 0.15) is 5.92 Å². The third kappa shape index (κ3) is 2.34. The molecule has 3 heteroatoms. The highest BCUT2D eigenvalue weighted by Gasteiger charge is 2.17. The third-order valence-electron chi connectivity index (χ3n) is 3.72. The van der Waals surface area contributed by atoms with E-state index in [2.05, 4.69) is 34.5 Å². The van der Waals surface area contributed by atoms with Crippen LogP contribution in [0.15, 0.2) is 36.5 Å². The fraction of sp³-hybridized carbons (Fsp3) is 0.312. The molecule has 0 amide bonds. The molecule has 0 bridgehead atoms. The summed E-state index contributed by atoms with van der Waals surface area (Å²) in [5, 5.41) is 17.4. The van der Waals surface area contributed by atoms with Crippen molar-refractivity contribution in [2.45, 2.75) is 31.6 Å². The topological polar surface area (TPSA) is 49.6 Å². The van der Waals surface area contributed by atoms with E-state index in [-0.39, 0.29) is 5.92 Å². The fourth-order valence-electron chi connectivity index (χ4n) is 2.71. The highest BCUT2D eigenvalue weighted by atomic mass is 15.1. The smallest absolute Gasteiger partial charge is 0.115 e. The number of rotatable bonds is 2. The molecule has 3 nitrogen and oxygen atoms in total. The number of benzene rings is 1. The van der Waals surface area contributed by atoms with Gasteiger partial charge < -0.3 is 0 Å². The molecular formula is C16H15N3. The van der Waals surface area contributed by atoms with Gasteiger partial charge in [-0.1, -0.05) is 18.2 Å². The Labute approximate surface area is 112 Å². The summed E-state index contributed by atoms with van der Waals surface area (Å²) in [4.78, 5) is 0. The third-order valence-corrected chi connectivity index (χ3v) is 3.72. The van der Waals surface area contributed by atoms with Gasteiger partial charge in [-0.15, -0.1) is 0 Å². The number of hydrogen-bond donors (Lipinski definition) is 0. The Morgan fingerprint density at radius 1 is 1.11 bits per heavy atom. The number of aryl methyl sites for hydroxylation is 2. The van der Waals surface area contributed by atoms with E-state index in [0.717, 1.165) is 24.1 Å². The summed E-state index contributed by atoms with van der Waals surface area (Å²) in [5.41, 5.74) is 4.59. The zero-order valence-electron chi connectivity index (χ0n) is 10.7. The summed E-state index contributed by atoms with van der Waals surface area (Å²) in [6.07, 6.45) is 6.45. The molecular weight excluding hydrogens is 234 g/mol. The monoisotopic (exact) mass is 249 g/mol. The van der Waals surface area contributed by atoms with Crippen LogP contribution in [0.1, 0.15) is 41.1 Å². The lowest BCUT2D eigenvalue weighted by Gasteiger charge is -2.18. The summed E-state index contributed by atoms with van der Waals surface area (Å²) in [7, 11) is 0. The molecule has 1 aliphatic rings. The zero-order valence-corrected chi connectivity index (χ0v) is 10.7. The van der Waals surface area contributed by atoms with Gasteiger partial charge in [0.05, 0.1) is 11.8 Å². The maximum atomic E-state index is 9.42. The lowest BCUT2D eigenvalue weighted by Crippen LogP contribution is -2.06. The molecule has 3 rings (SSSR count). The van der Waals surface area contributed by atoms with E-state index in [0.29, 0.717) is 0 Å². The van der Waals surface area contributed by atoms with Gasteiger partial charge in [0.15, 0.2) is 0 Å². The molecule has 2 aromatic rings. The van der Waals surface area contributed by atoms with Gasteiger partial charge in [0.2, 0.25) is 0 Å². The van der Waals surface area contributed by atoms with E-state index in [1.54, 1.807) is 6.20 Å². The zero-order chi connectivity index (χ0) is 13.1. The van der Waals surface area contributed by atoms with Gasteiger partial charge in [-0.2, -0.15) is 15.5 Å². The minimum Gasteiger partial charge on any atom is -0.197 e. The predicted octanol–water partition coefficient (Wildman–Crippen LogP) is 3.01. The molecule has 1 unspecified atom stereocenters. The fourth-order valence-corrected chi connectivity index (χ4v) is 2.71. The van der Waals surface area contributed by atoms with Crippen LogP contribution in [0, 0.1) is 11.3 Å². The molecule has 1 atom stereocenters. The molecule has 0 fully saturated rings. The molecule has 0 N–H and O–H groups in total. The second-order valence-electron chi connectivity index (χ2n) is 4.95. The molecule has 0 saturated heterocycles. The van der Waals surface area contributed by atoms with Crippen molar-refractivity contribution >= 4 is 0 Å². The Balaban J connectivity index is 1.99. The highest BCUT2D eigenvalue weighted by molar-refractivity contribution is 5.40. The summed E-state index contributed by atoms with van der Waals surface area (Å²) in [6, 6.07) is 12.4. The molecule has 94 valence electrons. The number of nitrogens with zero attached hydrogens (tertiary/aromatic N) is 3. The first-order valence-electron chi connectivity index (χ1n) is 6.67. The van der Waals surface area contributed by atoms with Gasteiger partial charge in [0.25, 0.3) is 0 Å². The van der Waals surface area contributed by atoms with Gasteiger partial charge in [0, 0.05) is 6.20 Å². The molecule has 0 spiro atoms. The van der Waals surface area contributed by atoms with Gasteiger partial charge in [-0.05, 0) is 54.5 Å². The predicted molar refractivity (Wildman–Crippen MR) is 72.6 cm³/mol. The van der Waals surface area contributed by atoms with E-state index in [1.165, 1.54) is 24.0 Å². The van der Waals surface area contributed by atoms with Crippen LogP contribution in [0.5, 0.6) is 0 Å². The maximum absolute atomic E-state index is 9.42. The summed E-state index contributed by atoms with van der Waals surface area (Å²) < 4.78 is 0. The quantitative estimate of drug-likeness (QED) is 0.822. The number of aromatic nitrogens is 2. The Kier molecular flexibility index (Phi) is 3.24. The van der Waals surface area contributed by atoms with Crippen LogP contribution >= 0.6 is 0 Å². The van der Waals surface area contributed by atoms with Gasteiger partial charge >= 0.3 is 0 Å². The van der Waals surface area contributed by atoms with Crippen LogP contribution in [0.3, 0.4) is 0 Å². The van der Waals surface area contributed by atoms with Crippen molar-refractivity contribution in [3.63, 3.8) is 0 Å². The molecule has 1 aliphatic carbocycles. The van der Waals surface area contributed by atoms with E-state index < -0.39 is 0 Å². The second kappa shape index (κ2) is 5.19. The Morgan fingerprint density at radius 2 is 1.95 bits per heavy atom. The summed E-state index contributed by atoms with van der Waals surface area (Å²) in [6.45, 7) is 0. The van der Waals surface area contributed by atoms with Crippen molar-refractivity contribution in [3.8, 4) is 6.07 Å². The second-order valence-corrected chi connectivity index (χ2v) is 4.95. The first-order valence-corrected chi connectivity index (χ1v) is 6.67. The Hall–Kier alpha value is -2.21. The number of nitriles is 1. The maximum Gasteiger partial charge on any atom is 0.115 e. The van der Waals surface area contributed by atoms with Crippen molar-refractivity contribution in [2.24, 2.45) is 0 Å². The Bertz CT molecular complexity index is 614. The lowest BCUT2D eigenvalue weighted by molar-refractivity contribution is 0.684. The Morgan fingerprint density at radius 3 is 2.68 bits per heavy atom. The molecule has 1 heterocycles. The van der Waals surface area contributed by atoms with Crippen LogP contribution in [-0.4, -0.2) is 10.2 Å². The minimum atomic E-state index is -0.319. The molecule has 0 saturated carbocycles. The number of fused-ring (bicyclic) bond motifs is 1. The molecule has 1 aromatic heterocycles. The normalized spacial score (nSPS) is 15.3. The van der Waals surface area contributed by atoms with Gasteiger partial charge in [-0.3, -0.25) is 0 Å². The molecule has 0 radical (unpaired) electrons. The van der Waals surface area contributed by atoms with Crippen molar-refractivity contribution in [3.05, 3.63) is 58.9 Å². The summed E-state index contributed by atoms with van der Waals surface area (Å²) >= 11 is 0. The highest BCUT2D eigenvalue weighted by Crippen LogP contribution is 2.27. The van der Waals surface area contributed by atoms with E-state index >= 15 is 0 Å². The van der Waals surface area contributed by atoms with E-state index in [9.17, 15) is 5.26 Å². The standard InChI is InChI=1S/C16H15N3/c17-11-15(16-6-3-9-18-19-16)14-8-7-12-4-1-2-5-13(12)10-14/h3,6-10,15H,1-2,4-5H2. The van der Waals surface area contributed by atoms with Crippen LogP contribution in [0.25, 0.3) is 0 Å². The first-order chi connectivity index (χ1) is 9.38. The summed E-state index contributed by atoms with van der Waals surface area (Å²) in [5.74, 6) is -0.319. The SMILES string of the molecule is N#CC(c1ccc2c(c1)CCCC2)c1cccnn1. The average Bonchev–Trinajstić information content (AvgIpc) is 2.49. The van der Waals surface area contributed by atoms with Crippen molar-refractivity contribution in [1.29, 1.82) is 5.26 Å². The van der Waals surface area contributed by atoms with Crippen molar-refractivity contribution < 1.29 is 0 Å². The van der Waals surface area contributed by atoms with Crippen molar-refractivity contribution in [2.75, 3.05) is 0 Å².